The molecule has 33 heteroatoms. The molecule has 7 aliphatic heterocycles. The molecule has 8 heterocycles. The maximum atomic E-state index is 16.0. The Balaban J connectivity index is 1.13. The van der Waals surface area contributed by atoms with Crippen molar-refractivity contribution < 1.29 is 71.4 Å². The number of aliphatic hydroxyl groups excluding tert-OH is 1. The number of rotatable bonds is 26. The minimum atomic E-state index is -5.35. The molecule has 8 bridgehead atoms. The Kier molecular flexibility index (Phi) is 21.0. The number of primary amides is 6. The molecule has 8 amide bonds. The molecule has 7 aliphatic rings. The number of aliphatic hydroxyl groups is 1. The van der Waals surface area contributed by atoms with Gasteiger partial charge in [0.1, 0.15) is 24.9 Å². The van der Waals surface area contributed by atoms with Crippen LogP contribution in [0.3, 0.4) is 0 Å². The van der Waals surface area contributed by atoms with Gasteiger partial charge in [0.25, 0.3) is 0 Å². The highest BCUT2D eigenvalue weighted by Gasteiger charge is 2.68. The molecule has 0 radical (unpaired) electrons. The lowest BCUT2D eigenvalue weighted by molar-refractivity contribution is -0.132. The number of piperazine rings is 1. The van der Waals surface area contributed by atoms with Crippen molar-refractivity contribution in [1.82, 2.24) is 30.1 Å². The normalized spacial score (nSPS) is 32.0. The third-order valence-electron chi connectivity index (χ3n) is 21.9. The number of hydrogen-bond donors (Lipinski definition) is 10. The number of carbonyl (C=O) groups is 8. The number of fused-ring (bicyclic) bond motifs is 7. The Morgan fingerprint density at radius 3 is 2.01 bits per heavy atom. The van der Waals surface area contributed by atoms with Crippen molar-refractivity contribution in [3.05, 3.63) is 68.8 Å². The zero-order valence-electron chi connectivity index (χ0n) is 57.3. The van der Waals surface area contributed by atoms with E-state index in [4.69, 9.17) is 67.9 Å². The average Bonchev–Trinajstić information content (AvgIpc) is 1.52. The molecular formula is C65H93N16O16P. The molecule has 0 spiro atoms. The molecule has 2 unspecified atom stereocenters. The Bertz CT molecular complexity index is 3870. The van der Waals surface area contributed by atoms with Crippen molar-refractivity contribution in [3.8, 4) is 0 Å². The van der Waals surface area contributed by atoms with E-state index in [1.165, 1.54) is 27.7 Å². The van der Waals surface area contributed by atoms with Gasteiger partial charge in [-0.3, -0.25) is 62.6 Å². The van der Waals surface area contributed by atoms with Gasteiger partial charge in [0.2, 0.25) is 41.4 Å². The molecular weight excluding hydrogens is 1290 g/mol. The lowest BCUT2D eigenvalue weighted by Gasteiger charge is -2.48. The van der Waals surface area contributed by atoms with E-state index in [1.807, 2.05) is 52.8 Å². The topological polar surface area (TPSA) is 502 Å². The molecule has 1 aromatic heterocycles. The van der Waals surface area contributed by atoms with Crippen LogP contribution in [0.4, 0.5) is 4.79 Å². The highest BCUT2D eigenvalue weighted by atomic mass is 31.2. The number of nitrogens with two attached hydrogens (primary N) is 6. The van der Waals surface area contributed by atoms with Crippen LogP contribution in [-0.2, 0) is 56.6 Å². The first-order valence-corrected chi connectivity index (χ1v) is 34.4. The molecule has 9 rings (SSSR count). The van der Waals surface area contributed by atoms with Gasteiger partial charge in [-0.15, -0.1) is 4.91 Å². The fraction of sp³-hybridized carbons (Fsp3) is 0.631. The first kappa shape index (κ1) is 73.9. The van der Waals surface area contributed by atoms with Crippen molar-refractivity contribution in [2.75, 3.05) is 39.3 Å². The van der Waals surface area contributed by atoms with Gasteiger partial charge in [-0.05, 0) is 108 Å². The number of hydrogen-bond acceptors (Lipinski definition) is 21. The molecule has 0 aliphatic carbocycles. The zero-order chi connectivity index (χ0) is 72.3. The molecule has 534 valence electrons. The number of aryl methyl sites for hydroxylation is 2. The number of aliphatic imine (C=N–C) groups is 3. The van der Waals surface area contributed by atoms with E-state index in [0.717, 1.165) is 11.1 Å². The molecule has 32 nitrogen and oxygen atoms in total. The molecule has 3 saturated heterocycles. The van der Waals surface area contributed by atoms with Crippen molar-refractivity contribution in [2.45, 2.75) is 176 Å². The van der Waals surface area contributed by atoms with E-state index in [-0.39, 0.29) is 76.8 Å². The summed E-state index contributed by atoms with van der Waals surface area (Å²) in [6.45, 7) is 18.7. The number of benzene rings is 1. The van der Waals surface area contributed by atoms with Crippen LogP contribution >= 0.6 is 7.82 Å². The summed E-state index contributed by atoms with van der Waals surface area (Å²) in [4.78, 5) is 154. The van der Waals surface area contributed by atoms with Crippen molar-refractivity contribution in [3.63, 3.8) is 0 Å². The number of allylic oxidation sites excluding steroid dienone is 6. The van der Waals surface area contributed by atoms with Crippen LogP contribution in [0.5, 0.6) is 0 Å². The Morgan fingerprint density at radius 2 is 1.42 bits per heavy atom. The number of imidazole rings is 1. The number of carbonyl (C=O) groups excluding carboxylic acids is 8. The van der Waals surface area contributed by atoms with Gasteiger partial charge in [-0.2, -0.15) is 0 Å². The smallest absolute Gasteiger partial charge is 0.447 e. The summed E-state index contributed by atoms with van der Waals surface area (Å²) in [6, 6.07) is 2.40. The third kappa shape index (κ3) is 13.9. The Morgan fingerprint density at radius 1 is 0.816 bits per heavy atom. The maximum absolute atomic E-state index is 16.0. The standard InChI is InChI=1S/C65H93N16O16P/c1-31-22-41-42(23-32(31)2)81(30-73-41)58-53(88)54(43(95-58)29-94-60(90)79-18-20-80(78-91)21-19-79)97-98(92,93)96-33(3)28-72-59(89)64(10)39(24-48(69)85)57-65(11)63(9,27-50(71)87)38(14-17-47(68)84)52(77-65)35(5)55-62(8,26-49(70)86)36(12-15-45(66)82)40(74-55)25-44-61(6,7)37(13-16-46(67)83)51(75-44)34(4)56(64)76-57/h22-23,25,30,33,36-39,43,53-54,57-58,74,88H,12-21,24,26-29H2,1-11H3,(H2,66,82)(H2,67,83)(H2,68,84)(H2,69,85)(H2,70,86)(H2,71,87)(H,72,89)(H,92,93)/b40-25?,51-34?,55-35-/t33-,36+,37-,38-,39+,43-,53-,54-,57-,58?,62+,63+,64-,65+/m1/s1. The van der Waals surface area contributed by atoms with Crippen LogP contribution < -0.4 is 45.0 Å². The number of nitroso groups, excluding NO2 is 1. The summed E-state index contributed by atoms with van der Waals surface area (Å²) in [5.74, 6) is -8.47. The van der Waals surface area contributed by atoms with Crippen LogP contribution in [0.2, 0.25) is 0 Å². The van der Waals surface area contributed by atoms with E-state index >= 15 is 4.79 Å². The second-order valence-corrected chi connectivity index (χ2v) is 30.0. The minimum Gasteiger partial charge on any atom is -0.447 e. The second kappa shape index (κ2) is 27.8. The zero-order valence-corrected chi connectivity index (χ0v) is 58.2. The number of nitrogens with zero attached hydrogens (tertiary/aromatic N) is 8. The molecule has 16 N–H and O–H groups in total. The van der Waals surface area contributed by atoms with Gasteiger partial charge in [-0.25, -0.2) is 14.3 Å². The van der Waals surface area contributed by atoms with Gasteiger partial charge >= 0.3 is 13.9 Å². The summed E-state index contributed by atoms with van der Waals surface area (Å²) in [6.07, 6.45) is -6.48. The van der Waals surface area contributed by atoms with Gasteiger partial charge in [-0.1, -0.05) is 27.7 Å². The van der Waals surface area contributed by atoms with E-state index in [1.54, 1.807) is 34.6 Å². The number of phosphoric ester groups is 1. The summed E-state index contributed by atoms with van der Waals surface area (Å²) >= 11 is 0. The Hall–Kier alpha value is -8.29. The lowest BCUT2D eigenvalue weighted by atomic mass is 9.56. The lowest BCUT2D eigenvalue weighted by Crippen LogP contribution is -2.58. The van der Waals surface area contributed by atoms with E-state index in [9.17, 15) is 53.0 Å². The molecule has 2 aromatic rings. The average molecular weight is 1390 g/mol. The number of nitrogens with one attached hydrogen (secondary N) is 2. The van der Waals surface area contributed by atoms with Gasteiger partial charge in [0, 0.05) is 127 Å². The van der Waals surface area contributed by atoms with E-state index < -0.39 is 169 Å². The SMILES string of the molecule is CC1=C2N=C(C=C3N/C(=C(/C)C4=N[C@@](C)([C@@H]5N=C1[C@](C)(C(=O)NC[C@@H](C)OP(=O)(O)O[C@@H]1[C@@H](COC(=O)N6CCN(N=O)CC6)OC(n6cnc7cc(C)c(C)cc76)[C@@H]1O)[C@H]5CC(N)=O)[C@@](C)(CC(N)=O)[C@@H]4CCC(N)=O)[C@@](C)(CC(N)=O)[C@H]3CCC(N)=O)C(C)(C)[C@@H]2CCC(N)=O. The highest BCUT2D eigenvalue weighted by molar-refractivity contribution is 7.47. The number of aromatic nitrogens is 2. The summed E-state index contributed by atoms with van der Waals surface area (Å²) in [7, 11) is -5.35. The number of amides is 8. The first-order valence-electron chi connectivity index (χ1n) is 32.9. The molecule has 1 aromatic carbocycles. The van der Waals surface area contributed by atoms with Crippen LogP contribution in [0.25, 0.3) is 11.0 Å². The van der Waals surface area contributed by atoms with Gasteiger partial charge in [0.05, 0.1) is 64.5 Å². The molecule has 15 atom stereocenters. The number of ether oxygens (including phenoxy) is 2. The predicted octanol–water partition coefficient (Wildman–Crippen LogP) is 2.83. The quantitative estimate of drug-likeness (QED) is 0.0478. The second-order valence-electron chi connectivity index (χ2n) is 28.7. The van der Waals surface area contributed by atoms with E-state index in [0.29, 0.717) is 50.7 Å². The highest BCUT2D eigenvalue weighted by Crippen LogP contribution is 2.62. The van der Waals surface area contributed by atoms with Crippen molar-refractivity contribution in [1.29, 1.82) is 0 Å². The molecule has 0 saturated carbocycles. The fourth-order valence-corrected chi connectivity index (χ4v) is 17.3. The van der Waals surface area contributed by atoms with Crippen LogP contribution in [0, 0.1) is 64.1 Å². The maximum Gasteiger partial charge on any atom is 0.472 e. The van der Waals surface area contributed by atoms with Crippen LogP contribution in [0.15, 0.2) is 73.0 Å². The van der Waals surface area contributed by atoms with Crippen molar-refractivity contribution >= 4 is 83.4 Å². The Labute approximate surface area is 567 Å². The fourth-order valence-electron chi connectivity index (χ4n) is 16.2. The van der Waals surface area contributed by atoms with E-state index in [2.05, 4.69) is 20.9 Å². The van der Waals surface area contributed by atoms with Gasteiger partial charge in [0.15, 0.2) is 6.23 Å². The monoisotopic (exact) mass is 1380 g/mol. The van der Waals surface area contributed by atoms with Crippen LogP contribution in [0.1, 0.15) is 137 Å². The third-order valence-corrected chi connectivity index (χ3v) is 23.0. The number of phosphoric acid groups is 1. The predicted molar refractivity (Wildman–Crippen MR) is 358 cm³/mol. The van der Waals surface area contributed by atoms with Crippen molar-refractivity contribution in [2.24, 2.45) is 100.0 Å². The van der Waals surface area contributed by atoms with Gasteiger partial charge < -0.3 is 74.0 Å². The summed E-state index contributed by atoms with van der Waals surface area (Å²) in [5, 5.41) is 22.7. The molecule has 98 heavy (non-hydrogen) atoms. The largest absolute Gasteiger partial charge is 0.472 e. The minimum absolute atomic E-state index is 0.00503. The molecule has 3 fully saturated rings. The first-order chi connectivity index (χ1) is 45.7. The van der Waals surface area contributed by atoms with Crippen LogP contribution in [-0.4, -0.2) is 169 Å². The summed E-state index contributed by atoms with van der Waals surface area (Å²) in [5.41, 5.74) is 35.0. The summed E-state index contributed by atoms with van der Waals surface area (Å²) < 4.78 is 39.5.